The third kappa shape index (κ3) is 6.54. The Morgan fingerprint density at radius 3 is 2.21 bits per heavy atom. The summed E-state index contributed by atoms with van der Waals surface area (Å²) in [6, 6.07) is 8.63. The van der Waals surface area contributed by atoms with E-state index in [0.717, 1.165) is 18.7 Å². The lowest BCUT2D eigenvalue weighted by molar-refractivity contribution is -0.274. The second-order valence-corrected chi connectivity index (χ2v) is 7.36. The van der Waals surface area contributed by atoms with Crippen LogP contribution >= 0.6 is 52.3 Å². The topological polar surface area (TPSA) is 44.7 Å². The third-order valence-electron chi connectivity index (χ3n) is 4.33. The molecule has 0 spiro atoms. The van der Waals surface area contributed by atoms with Gasteiger partial charge in [-0.1, -0.05) is 39.7 Å². The number of alkyl halides is 3. The van der Waals surface area contributed by atoms with Gasteiger partial charge in [-0.15, -0.1) is 38.0 Å². The number of rotatable bonds is 4. The van der Waals surface area contributed by atoms with Crippen molar-refractivity contribution in [2.75, 3.05) is 26.2 Å². The second kappa shape index (κ2) is 10.9. The van der Waals surface area contributed by atoms with Gasteiger partial charge in [0.1, 0.15) is 11.5 Å². The zero-order valence-electron chi connectivity index (χ0n) is 14.9. The summed E-state index contributed by atoms with van der Waals surface area (Å²) < 4.78 is 41.9. The molecule has 0 saturated carbocycles. The molecule has 29 heavy (non-hydrogen) atoms. The van der Waals surface area contributed by atoms with Crippen molar-refractivity contribution in [3.8, 4) is 11.5 Å². The van der Waals surface area contributed by atoms with Gasteiger partial charge in [-0.2, -0.15) is 0 Å². The molecule has 3 rings (SSSR count). The summed E-state index contributed by atoms with van der Waals surface area (Å²) in [7, 11) is 0. The molecule has 162 valence electrons. The molecular weight excluding hydrogens is 519 g/mol. The number of nitrogens with one attached hydrogen (secondary N) is 1. The minimum Gasteiger partial charge on any atom is -0.506 e. The van der Waals surface area contributed by atoms with Crippen LogP contribution in [0.2, 0.25) is 5.02 Å². The predicted octanol–water partition coefficient (Wildman–Crippen LogP) is 5.54. The molecule has 1 atom stereocenters. The van der Waals surface area contributed by atoms with Crippen LogP contribution in [-0.2, 0) is 0 Å². The first-order valence-electron chi connectivity index (χ1n) is 8.23. The van der Waals surface area contributed by atoms with Crippen LogP contribution in [0.5, 0.6) is 11.5 Å². The van der Waals surface area contributed by atoms with Gasteiger partial charge in [0.2, 0.25) is 0 Å². The SMILES string of the molecule is Cl.Cl.Oc1c(Cl)ccc(Br)c1[C@H](c1ccc(OC(F)(F)F)cc1)N1CCNCC1. The Kier molecular flexibility index (Phi) is 9.85. The molecular formula is C18H19BrCl3F3N2O2. The molecule has 0 aliphatic carbocycles. The van der Waals surface area contributed by atoms with Gasteiger partial charge in [-0.25, -0.2) is 0 Å². The van der Waals surface area contributed by atoms with E-state index in [2.05, 4.69) is 30.9 Å². The minimum absolute atomic E-state index is 0. The van der Waals surface area contributed by atoms with Gasteiger partial charge in [0.15, 0.2) is 0 Å². The fourth-order valence-corrected chi connectivity index (χ4v) is 3.87. The molecule has 0 radical (unpaired) electrons. The molecule has 2 N–H and O–H groups in total. The first kappa shape index (κ1) is 26.1. The zero-order chi connectivity index (χ0) is 19.6. The van der Waals surface area contributed by atoms with Crippen molar-refractivity contribution >= 4 is 52.3 Å². The first-order valence-corrected chi connectivity index (χ1v) is 9.40. The number of phenols is 1. The highest BCUT2D eigenvalue weighted by atomic mass is 79.9. The summed E-state index contributed by atoms with van der Waals surface area (Å²) in [6.07, 6.45) is -4.74. The van der Waals surface area contributed by atoms with E-state index in [1.807, 2.05) is 0 Å². The van der Waals surface area contributed by atoms with Crippen molar-refractivity contribution in [3.63, 3.8) is 0 Å². The molecule has 1 saturated heterocycles. The smallest absolute Gasteiger partial charge is 0.506 e. The Bertz CT molecular complexity index is 804. The van der Waals surface area contributed by atoms with Gasteiger partial charge < -0.3 is 15.2 Å². The largest absolute Gasteiger partial charge is 0.573 e. The van der Waals surface area contributed by atoms with Crippen LogP contribution < -0.4 is 10.1 Å². The number of benzene rings is 2. The highest BCUT2D eigenvalue weighted by Crippen LogP contribution is 2.43. The van der Waals surface area contributed by atoms with Crippen LogP contribution in [0.25, 0.3) is 0 Å². The van der Waals surface area contributed by atoms with Crippen LogP contribution in [0.4, 0.5) is 13.2 Å². The van der Waals surface area contributed by atoms with Crippen LogP contribution in [-0.4, -0.2) is 42.5 Å². The van der Waals surface area contributed by atoms with E-state index >= 15 is 0 Å². The second-order valence-electron chi connectivity index (χ2n) is 6.10. The normalized spacial score (nSPS) is 15.8. The summed E-state index contributed by atoms with van der Waals surface area (Å²) in [5.41, 5.74) is 1.30. The Hall–Kier alpha value is -0.900. The molecule has 4 nitrogen and oxygen atoms in total. The minimum atomic E-state index is -4.74. The predicted molar refractivity (Wildman–Crippen MR) is 115 cm³/mol. The quantitative estimate of drug-likeness (QED) is 0.536. The molecule has 0 aromatic heterocycles. The van der Waals surface area contributed by atoms with E-state index in [1.165, 1.54) is 12.1 Å². The van der Waals surface area contributed by atoms with Gasteiger partial charge in [-0.3, -0.25) is 4.90 Å². The van der Waals surface area contributed by atoms with Gasteiger partial charge in [0.05, 0.1) is 11.1 Å². The molecule has 0 bridgehead atoms. The molecule has 1 heterocycles. The maximum atomic E-state index is 12.4. The summed E-state index contributed by atoms with van der Waals surface area (Å²) in [5.74, 6) is -0.343. The fourth-order valence-electron chi connectivity index (χ4n) is 3.17. The van der Waals surface area contributed by atoms with Crippen molar-refractivity contribution < 1.29 is 23.0 Å². The molecule has 11 heteroatoms. The average molecular weight is 539 g/mol. The van der Waals surface area contributed by atoms with Crippen molar-refractivity contribution in [1.82, 2.24) is 10.2 Å². The number of aromatic hydroxyl groups is 1. The van der Waals surface area contributed by atoms with Gasteiger partial charge in [0.25, 0.3) is 0 Å². The van der Waals surface area contributed by atoms with Crippen molar-refractivity contribution in [3.05, 3.63) is 57.0 Å². The van der Waals surface area contributed by atoms with E-state index in [1.54, 1.807) is 24.3 Å². The van der Waals surface area contributed by atoms with Crippen molar-refractivity contribution in [2.24, 2.45) is 0 Å². The number of halogens is 7. The number of piperazine rings is 1. The molecule has 0 amide bonds. The Morgan fingerprint density at radius 1 is 1.07 bits per heavy atom. The number of hydrogen-bond donors (Lipinski definition) is 2. The maximum Gasteiger partial charge on any atom is 0.573 e. The molecule has 2 aromatic rings. The van der Waals surface area contributed by atoms with Crippen LogP contribution in [0.1, 0.15) is 17.2 Å². The first-order chi connectivity index (χ1) is 12.8. The molecule has 1 fully saturated rings. The number of ether oxygens (including phenoxy) is 1. The molecule has 2 aromatic carbocycles. The molecule has 1 aliphatic heterocycles. The number of nitrogens with zero attached hydrogens (tertiary/aromatic N) is 1. The van der Waals surface area contributed by atoms with Crippen molar-refractivity contribution in [1.29, 1.82) is 0 Å². The lowest BCUT2D eigenvalue weighted by Crippen LogP contribution is -2.45. The molecule has 1 aliphatic rings. The highest BCUT2D eigenvalue weighted by molar-refractivity contribution is 9.10. The lowest BCUT2D eigenvalue weighted by Gasteiger charge is -2.36. The van der Waals surface area contributed by atoms with Gasteiger partial charge in [-0.05, 0) is 29.8 Å². The van der Waals surface area contributed by atoms with Crippen LogP contribution in [0.15, 0.2) is 40.9 Å². The average Bonchev–Trinajstić information content (AvgIpc) is 2.62. The monoisotopic (exact) mass is 536 g/mol. The van der Waals surface area contributed by atoms with E-state index in [0.29, 0.717) is 23.1 Å². The van der Waals surface area contributed by atoms with E-state index in [-0.39, 0.29) is 47.4 Å². The summed E-state index contributed by atoms with van der Waals surface area (Å²) in [6.45, 7) is 2.96. The van der Waals surface area contributed by atoms with E-state index in [4.69, 9.17) is 11.6 Å². The third-order valence-corrected chi connectivity index (χ3v) is 5.33. The van der Waals surface area contributed by atoms with Crippen LogP contribution in [0.3, 0.4) is 0 Å². The Labute approximate surface area is 192 Å². The maximum absolute atomic E-state index is 12.4. The van der Waals surface area contributed by atoms with Gasteiger partial charge in [0, 0.05) is 36.2 Å². The van der Waals surface area contributed by atoms with E-state index in [9.17, 15) is 18.3 Å². The molecule has 0 unspecified atom stereocenters. The summed E-state index contributed by atoms with van der Waals surface area (Å²) in [4.78, 5) is 2.15. The number of phenolic OH excluding ortho intramolecular Hbond substituents is 1. The van der Waals surface area contributed by atoms with E-state index < -0.39 is 6.36 Å². The lowest BCUT2D eigenvalue weighted by atomic mass is 9.95. The Balaban J connectivity index is 0.00000210. The van der Waals surface area contributed by atoms with Crippen molar-refractivity contribution in [2.45, 2.75) is 12.4 Å². The summed E-state index contributed by atoms with van der Waals surface area (Å²) >= 11 is 9.57. The fraction of sp³-hybridized carbons (Fsp3) is 0.333. The highest BCUT2D eigenvalue weighted by Gasteiger charge is 2.32. The van der Waals surface area contributed by atoms with Crippen LogP contribution in [0, 0.1) is 0 Å². The number of hydrogen-bond acceptors (Lipinski definition) is 4. The Morgan fingerprint density at radius 2 is 1.66 bits per heavy atom. The van der Waals surface area contributed by atoms with Gasteiger partial charge >= 0.3 is 6.36 Å². The zero-order valence-corrected chi connectivity index (χ0v) is 18.9. The standard InChI is InChI=1S/C18H17BrClF3N2O2.2ClH/c19-13-5-6-14(20)17(26)15(13)16(25-9-7-24-8-10-25)11-1-3-12(4-2-11)27-18(21,22)23;;/h1-6,16,24,26H,7-10H2;2*1H/t16-;;/m0../s1. The summed E-state index contributed by atoms with van der Waals surface area (Å²) in [5, 5.41) is 14.0.